The summed E-state index contributed by atoms with van der Waals surface area (Å²) in [6.45, 7) is 0. The SMILES string of the molecule is C#CCC(N)c1nc(C2(OC)CCCCCC2)no1. The average Bonchev–Trinajstić information content (AvgIpc) is 2.79. The van der Waals surface area contributed by atoms with E-state index in [0.717, 1.165) is 25.7 Å². The summed E-state index contributed by atoms with van der Waals surface area (Å²) >= 11 is 0. The molecule has 0 aliphatic heterocycles. The van der Waals surface area contributed by atoms with Gasteiger partial charge in [-0.1, -0.05) is 30.8 Å². The van der Waals surface area contributed by atoms with E-state index in [1.807, 2.05) is 0 Å². The van der Waals surface area contributed by atoms with Crippen molar-refractivity contribution < 1.29 is 9.26 Å². The molecule has 19 heavy (non-hydrogen) atoms. The van der Waals surface area contributed by atoms with Gasteiger partial charge in [0.2, 0.25) is 11.7 Å². The topological polar surface area (TPSA) is 74.2 Å². The number of aromatic nitrogens is 2. The van der Waals surface area contributed by atoms with Crippen LogP contribution in [0.25, 0.3) is 0 Å². The fourth-order valence-electron chi connectivity index (χ4n) is 2.60. The van der Waals surface area contributed by atoms with E-state index in [1.54, 1.807) is 7.11 Å². The highest BCUT2D eigenvalue weighted by Crippen LogP contribution is 2.37. The van der Waals surface area contributed by atoms with E-state index in [4.69, 9.17) is 21.4 Å². The van der Waals surface area contributed by atoms with Crippen molar-refractivity contribution in [2.24, 2.45) is 5.73 Å². The Morgan fingerprint density at radius 1 is 1.42 bits per heavy atom. The Morgan fingerprint density at radius 3 is 2.68 bits per heavy atom. The maximum absolute atomic E-state index is 5.88. The van der Waals surface area contributed by atoms with Gasteiger partial charge in [0.1, 0.15) is 5.60 Å². The summed E-state index contributed by atoms with van der Waals surface area (Å²) in [7, 11) is 1.71. The molecule has 0 saturated heterocycles. The lowest BCUT2D eigenvalue weighted by Crippen LogP contribution is -2.29. The van der Waals surface area contributed by atoms with Crippen LogP contribution in [0, 0.1) is 12.3 Å². The van der Waals surface area contributed by atoms with E-state index < -0.39 is 11.6 Å². The van der Waals surface area contributed by atoms with Crippen LogP contribution < -0.4 is 5.73 Å². The van der Waals surface area contributed by atoms with Crippen molar-refractivity contribution in [3.63, 3.8) is 0 Å². The Kier molecular flexibility index (Phi) is 4.56. The van der Waals surface area contributed by atoms with Crippen LogP contribution in [-0.2, 0) is 10.3 Å². The number of rotatable bonds is 4. The third kappa shape index (κ3) is 2.96. The lowest BCUT2D eigenvalue weighted by atomic mass is 9.93. The second-order valence-corrected chi connectivity index (χ2v) is 5.08. The van der Waals surface area contributed by atoms with Crippen LogP contribution in [0.1, 0.15) is 62.7 Å². The maximum atomic E-state index is 5.88. The van der Waals surface area contributed by atoms with Gasteiger partial charge in [0.25, 0.3) is 0 Å². The second-order valence-electron chi connectivity index (χ2n) is 5.08. The first-order chi connectivity index (χ1) is 9.22. The third-order valence-corrected chi connectivity index (χ3v) is 3.81. The molecule has 0 amide bonds. The molecular weight excluding hydrogens is 242 g/mol. The summed E-state index contributed by atoms with van der Waals surface area (Å²) in [5.41, 5.74) is 5.46. The molecule has 1 aromatic rings. The molecule has 0 bridgehead atoms. The van der Waals surface area contributed by atoms with Crippen LogP contribution in [0.2, 0.25) is 0 Å². The highest BCUT2D eigenvalue weighted by Gasteiger charge is 2.37. The average molecular weight is 263 g/mol. The quantitative estimate of drug-likeness (QED) is 0.666. The Hall–Kier alpha value is -1.38. The summed E-state index contributed by atoms with van der Waals surface area (Å²) in [5, 5.41) is 4.07. The molecule has 104 valence electrons. The highest BCUT2D eigenvalue weighted by molar-refractivity contribution is 5.05. The molecule has 1 heterocycles. The summed E-state index contributed by atoms with van der Waals surface area (Å²) in [4.78, 5) is 4.41. The van der Waals surface area contributed by atoms with Gasteiger partial charge in [-0.3, -0.25) is 0 Å². The van der Waals surface area contributed by atoms with Gasteiger partial charge in [0, 0.05) is 13.5 Å². The molecule has 1 aliphatic rings. The van der Waals surface area contributed by atoms with Crippen LogP contribution in [0.4, 0.5) is 0 Å². The van der Waals surface area contributed by atoms with Crippen molar-refractivity contribution in [3.8, 4) is 12.3 Å². The zero-order chi connectivity index (χ0) is 13.7. The van der Waals surface area contributed by atoms with Crippen LogP contribution in [0.15, 0.2) is 4.52 Å². The molecule has 2 N–H and O–H groups in total. The lowest BCUT2D eigenvalue weighted by molar-refractivity contribution is -0.0365. The minimum absolute atomic E-state index is 0.390. The monoisotopic (exact) mass is 263 g/mol. The van der Waals surface area contributed by atoms with Gasteiger partial charge in [-0.15, -0.1) is 12.3 Å². The number of nitrogens with two attached hydrogens (primary N) is 1. The first-order valence-corrected chi connectivity index (χ1v) is 6.80. The molecule has 1 atom stereocenters. The van der Waals surface area contributed by atoms with Gasteiger partial charge >= 0.3 is 0 Å². The predicted molar refractivity (Wildman–Crippen MR) is 71.1 cm³/mol. The van der Waals surface area contributed by atoms with Crippen molar-refractivity contribution in [1.29, 1.82) is 0 Å². The van der Waals surface area contributed by atoms with Gasteiger partial charge in [-0.2, -0.15) is 4.98 Å². The normalized spacial score (nSPS) is 20.5. The molecule has 0 aromatic carbocycles. The van der Waals surface area contributed by atoms with Crippen LogP contribution in [0.3, 0.4) is 0 Å². The van der Waals surface area contributed by atoms with Crippen molar-refractivity contribution in [3.05, 3.63) is 11.7 Å². The van der Waals surface area contributed by atoms with Crippen molar-refractivity contribution in [2.45, 2.75) is 56.6 Å². The number of hydrogen-bond acceptors (Lipinski definition) is 5. The van der Waals surface area contributed by atoms with E-state index in [1.165, 1.54) is 12.8 Å². The van der Waals surface area contributed by atoms with Crippen molar-refractivity contribution in [1.82, 2.24) is 10.1 Å². The van der Waals surface area contributed by atoms with Crippen LogP contribution in [0.5, 0.6) is 0 Å². The smallest absolute Gasteiger partial charge is 0.244 e. The molecule has 1 aliphatic carbocycles. The first-order valence-electron chi connectivity index (χ1n) is 6.80. The molecule has 1 aromatic heterocycles. The van der Waals surface area contributed by atoms with Gasteiger partial charge < -0.3 is 15.0 Å². The summed E-state index contributed by atoms with van der Waals surface area (Å²) < 4.78 is 11.0. The zero-order valence-corrected chi connectivity index (χ0v) is 11.4. The molecule has 1 fully saturated rings. The Labute approximate surface area is 113 Å². The lowest BCUT2D eigenvalue weighted by Gasteiger charge is -2.27. The molecule has 5 heteroatoms. The number of ether oxygens (including phenoxy) is 1. The third-order valence-electron chi connectivity index (χ3n) is 3.81. The van der Waals surface area contributed by atoms with Gasteiger partial charge in [-0.25, -0.2) is 0 Å². The molecule has 0 spiro atoms. The fraction of sp³-hybridized carbons (Fsp3) is 0.714. The van der Waals surface area contributed by atoms with E-state index in [9.17, 15) is 0 Å². The van der Waals surface area contributed by atoms with Crippen molar-refractivity contribution in [2.75, 3.05) is 7.11 Å². The summed E-state index contributed by atoms with van der Waals surface area (Å²) in [6.07, 6.45) is 12.2. The maximum Gasteiger partial charge on any atom is 0.244 e. The summed E-state index contributed by atoms with van der Waals surface area (Å²) in [6, 6.07) is -0.397. The van der Waals surface area contributed by atoms with Crippen LogP contribution in [-0.4, -0.2) is 17.3 Å². The van der Waals surface area contributed by atoms with Gasteiger partial charge in [-0.05, 0) is 12.8 Å². The Bertz CT molecular complexity index is 442. The predicted octanol–water partition coefficient (Wildman–Crippen LogP) is 2.29. The number of methoxy groups -OCH3 is 1. The fourth-order valence-corrected chi connectivity index (χ4v) is 2.60. The van der Waals surface area contributed by atoms with E-state index in [0.29, 0.717) is 18.1 Å². The van der Waals surface area contributed by atoms with Gasteiger partial charge in [0.15, 0.2) is 0 Å². The highest BCUT2D eigenvalue weighted by atomic mass is 16.5. The first kappa shape index (κ1) is 14.0. The largest absolute Gasteiger partial charge is 0.370 e. The van der Waals surface area contributed by atoms with E-state index in [2.05, 4.69) is 16.1 Å². The second kappa shape index (κ2) is 6.18. The van der Waals surface area contributed by atoms with Crippen LogP contribution >= 0.6 is 0 Å². The van der Waals surface area contributed by atoms with E-state index >= 15 is 0 Å². The molecule has 5 nitrogen and oxygen atoms in total. The minimum atomic E-state index is -0.423. The van der Waals surface area contributed by atoms with E-state index in [-0.39, 0.29) is 0 Å². The molecular formula is C14H21N3O2. The molecule has 0 radical (unpaired) electrons. The molecule has 2 rings (SSSR count). The number of hydrogen-bond donors (Lipinski definition) is 1. The number of nitrogens with zero attached hydrogens (tertiary/aromatic N) is 2. The molecule has 1 unspecified atom stereocenters. The number of terminal acetylenes is 1. The zero-order valence-electron chi connectivity index (χ0n) is 11.4. The Balaban J connectivity index is 2.21. The van der Waals surface area contributed by atoms with Gasteiger partial charge in [0.05, 0.1) is 6.04 Å². The molecule has 1 saturated carbocycles. The summed E-state index contributed by atoms with van der Waals surface area (Å²) in [5.74, 6) is 3.51. The minimum Gasteiger partial charge on any atom is -0.370 e. The Morgan fingerprint density at radius 2 is 2.11 bits per heavy atom. The standard InChI is InChI=1S/C14H21N3O2/c1-3-8-11(15)12-16-13(17-19-12)14(18-2)9-6-4-5-7-10-14/h1,11H,4-10,15H2,2H3. The van der Waals surface area contributed by atoms with Crippen molar-refractivity contribution >= 4 is 0 Å².